The summed E-state index contributed by atoms with van der Waals surface area (Å²) in [5.41, 5.74) is 0.798. The minimum atomic E-state index is -0.750. The van der Waals surface area contributed by atoms with Gasteiger partial charge in [-0.05, 0) is 43.7 Å². The summed E-state index contributed by atoms with van der Waals surface area (Å²) in [7, 11) is 1.63. The Kier molecular flexibility index (Phi) is 3.36. The van der Waals surface area contributed by atoms with Crippen molar-refractivity contribution in [2.75, 3.05) is 13.7 Å². The second kappa shape index (κ2) is 5.17. The molecule has 3 rings (SSSR count). The summed E-state index contributed by atoms with van der Waals surface area (Å²) in [5, 5.41) is 10.2. The molecule has 1 aliphatic heterocycles. The lowest BCUT2D eigenvalue weighted by Gasteiger charge is -2.19. The van der Waals surface area contributed by atoms with E-state index in [1.165, 1.54) is 0 Å². The van der Waals surface area contributed by atoms with Gasteiger partial charge in [0.05, 0.1) is 13.7 Å². The van der Waals surface area contributed by atoms with Gasteiger partial charge >= 0.3 is 5.97 Å². The molecule has 1 aromatic heterocycles. The van der Waals surface area contributed by atoms with E-state index in [1.807, 2.05) is 29.2 Å². The van der Waals surface area contributed by atoms with Crippen LogP contribution in [0.15, 0.2) is 28.7 Å². The first-order valence-corrected chi connectivity index (χ1v) is 6.70. The van der Waals surface area contributed by atoms with E-state index in [-0.39, 0.29) is 0 Å². The van der Waals surface area contributed by atoms with Crippen LogP contribution < -0.4 is 4.74 Å². The Labute approximate surface area is 116 Å². The van der Waals surface area contributed by atoms with Crippen LogP contribution in [0, 0.1) is 0 Å². The van der Waals surface area contributed by atoms with Crippen LogP contribution in [-0.4, -0.2) is 35.7 Å². The number of hydrogen-bond acceptors (Lipinski definition) is 4. The topological polar surface area (TPSA) is 62.9 Å². The van der Waals surface area contributed by atoms with Crippen molar-refractivity contribution in [1.82, 2.24) is 4.90 Å². The molecule has 106 valence electrons. The summed E-state index contributed by atoms with van der Waals surface area (Å²) in [6.07, 6.45) is 1.63. The molecule has 0 spiro atoms. The van der Waals surface area contributed by atoms with Crippen molar-refractivity contribution in [3.05, 3.63) is 30.0 Å². The lowest BCUT2D eigenvalue weighted by atomic mass is 10.2. The highest BCUT2D eigenvalue weighted by Crippen LogP contribution is 2.27. The first-order chi connectivity index (χ1) is 9.67. The fourth-order valence-electron chi connectivity index (χ4n) is 2.78. The van der Waals surface area contributed by atoms with Gasteiger partial charge in [0.1, 0.15) is 23.1 Å². The number of rotatable bonds is 4. The first-order valence-electron chi connectivity index (χ1n) is 6.70. The molecular weight excluding hydrogens is 258 g/mol. The summed E-state index contributed by atoms with van der Waals surface area (Å²) in [6, 6.07) is 7.20. The molecule has 0 radical (unpaired) electrons. The fourth-order valence-corrected chi connectivity index (χ4v) is 2.78. The minimum absolute atomic E-state index is 0.391. The minimum Gasteiger partial charge on any atom is -0.497 e. The highest BCUT2D eigenvalue weighted by atomic mass is 16.5. The standard InChI is InChI=1S/C15H17NO4/c1-19-11-4-5-14-10(7-11)8-12(20-14)9-16-6-2-3-13(16)15(17)18/h4-5,7-8,13H,2-3,6,9H2,1H3,(H,17,18). The zero-order valence-corrected chi connectivity index (χ0v) is 11.3. The van der Waals surface area contributed by atoms with Crippen molar-refractivity contribution in [1.29, 1.82) is 0 Å². The van der Waals surface area contributed by atoms with Crippen molar-refractivity contribution in [2.24, 2.45) is 0 Å². The largest absolute Gasteiger partial charge is 0.497 e. The van der Waals surface area contributed by atoms with Crippen LogP contribution in [0.4, 0.5) is 0 Å². The molecule has 1 fully saturated rings. The Balaban J connectivity index is 1.82. The van der Waals surface area contributed by atoms with Gasteiger partial charge in [-0.3, -0.25) is 9.69 Å². The smallest absolute Gasteiger partial charge is 0.320 e. The van der Waals surface area contributed by atoms with Gasteiger partial charge < -0.3 is 14.3 Å². The van der Waals surface area contributed by atoms with Crippen LogP contribution in [0.3, 0.4) is 0 Å². The molecule has 20 heavy (non-hydrogen) atoms. The molecule has 1 saturated heterocycles. The average Bonchev–Trinajstić information content (AvgIpc) is 3.03. The van der Waals surface area contributed by atoms with E-state index < -0.39 is 12.0 Å². The number of nitrogens with zero attached hydrogens (tertiary/aromatic N) is 1. The van der Waals surface area contributed by atoms with E-state index in [2.05, 4.69) is 0 Å². The van der Waals surface area contributed by atoms with Crippen molar-refractivity contribution < 1.29 is 19.1 Å². The predicted molar refractivity (Wildman–Crippen MR) is 73.8 cm³/mol. The summed E-state index contributed by atoms with van der Waals surface area (Å²) >= 11 is 0. The molecule has 5 heteroatoms. The van der Waals surface area contributed by atoms with Gasteiger partial charge in [-0.15, -0.1) is 0 Å². The molecule has 1 atom stereocenters. The summed E-state index contributed by atoms with van der Waals surface area (Å²) in [4.78, 5) is 13.1. The second-order valence-electron chi connectivity index (χ2n) is 5.08. The Bertz CT molecular complexity index is 634. The van der Waals surface area contributed by atoms with Gasteiger partial charge in [-0.1, -0.05) is 0 Å². The van der Waals surface area contributed by atoms with Gasteiger partial charge in [0.15, 0.2) is 0 Å². The maximum absolute atomic E-state index is 11.2. The number of benzene rings is 1. The summed E-state index contributed by atoms with van der Waals surface area (Å²) in [6.45, 7) is 1.34. The van der Waals surface area contributed by atoms with Crippen molar-refractivity contribution in [3.8, 4) is 5.75 Å². The molecule has 1 aliphatic rings. The van der Waals surface area contributed by atoms with Gasteiger partial charge in [0.25, 0.3) is 0 Å². The number of carboxylic acid groups (broad SMARTS) is 1. The number of hydrogen-bond donors (Lipinski definition) is 1. The van der Waals surface area contributed by atoms with Crippen molar-refractivity contribution >= 4 is 16.9 Å². The third-order valence-electron chi connectivity index (χ3n) is 3.78. The quantitative estimate of drug-likeness (QED) is 0.928. The Hall–Kier alpha value is -2.01. The average molecular weight is 275 g/mol. The Morgan fingerprint density at radius 1 is 1.50 bits per heavy atom. The summed E-state index contributed by atoms with van der Waals surface area (Å²) < 4.78 is 11.0. The number of furan rings is 1. The number of methoxy groups -OCH3 is 1. The Morgan fingerprint density at radius 3 is 3.10 bits per heavy atom. The van der Waals surface area contributed by atoms with Crippen molar-refractivity contribution in [2.45, 2.75) is 25.4 Å². The molecule has 1 unspecified atom stereocenters. The number of likely N-dealkylation sites (tertiary alicyclic amines) is 1. The van der Waals surface area contributed by atoms with Gasteiger partial charge in [0, 0.05) is 5.39 Å². The van der Waals surface area contributed by atoms with Crippen LogP contribution in [0.2, 0.25) is 0 Å². The highest BCUT2D eigenvalue weighted by Gasteiger charge is 2.30. The summed E-state index contributed by atoms with van der Waals surface area (Å²) in [5.74, 6) is 0.830. The van der Waals surface area contributed by atoms with Crippen molar-refractivity contribution in [3.63, 3.8) is 0 Å². The molecule has 1 aromatic carbocycles. The molecule has 1 N–H and O–H groups in total. The van der Waals surface area contributed by atoms with Gasteiger partial charge in [0.2, 0.25) is 0 Å². The van der Waals surface area contributed by atoms with Crippen LogP contribution >= 0.6 is 0 Å². The molecule has 5 nitrogen and oxygen atoms in total. The van der Waals surface area contributed by atoms with Crippen LogP contribution in [-0.2, 0) is 11.3 Å². The fraction of sp³-hybridized carbons (Fsp3) is 0.400. The molecule has 2 heterocycles. The molecule has 0 saturated carbocycles. The second-order valence-corrected chi connectivity index (χ2v) is 5.08. The third-order valence-corrected chi connectivity index (χ3v) is 3.78. The van der Waals surface area contributed by atoms with Gasteiger partial charge in [-0.25, -0.2) is 0 Å². The predicted octanol–water partition coefficient (Wildman–Crippen LogP) is 2.49. The monoisotopic (exact) mass is 275 g/mol. The number of fused-ring (bicyclic) bond motifs is 1. The third kappa shape index (κ3) is 2.36. The van der Waals surface area contributed by atoms with Crippen LogP contribution in [0.1, 0.15) is 18.6 Å². The molecule has 0 bridgehead atoms. The van der Waals surface area contributed by atoms with E-state index in [9.17, 15) is 9.90 Å². The Morgan fingerprint density at radius 2 is 2.35 bits per heavy atom. The lowest BCUT2D eigenvalue weighted by Crippen LogP contribution is -2.35. The highest BCUT2D eigenvalue weighted by molar-refractivity contribution is 5.79. The number of aliphatic carboxylic acids is 1. The van der Waals surface area contributed by atoms with Crippen LogP contribution in [0.25, 0.3) is 11.0 Å². The maximum atomic E-state index is 11.2. The number of carbonyl (C=O) groups is 1. The molecular formula is C15H17NO4. The number of carboxylic acids is 1. The number of ether oxygens (including phenoxy) is 1. The molecule has 2 aromatic rings. The van der Waals surface area contributed by atoms with Gasteiger partial charge in [-0.2, -0.15) is 0 Å². The molecule has 0 amide bonds. The van der Waals surface area contributed by atoms with E-state index in [4.69, 9.17) is 9.15 Å². The van der Waals surface area contributed by atoms with Crippen LogP contribution in [0.5, 0.6) is 5.75 Å². The lowest BCUT2D eigenvalue weighted by molar-refractivity contribution is -0.142. The first kappa shape index (κ1) is 13.0. The van der Waals surface area contributed by atoms with E-state index in [0.717, 1.165) is 35.4 Å². The SMILES string of the molecule is COc1ccc2oc(CN3CCCC3C(=O)O)cc2c1. The van der Waals surface area contributed by atoms with E-state index >= 15 is 0 Å². The zero-order valence-electron chi connectivity index (χ0n) is 11.3. The zero-order chi connectivity index (χ0) is 14.1. The molecule has 0 aliphatic carbocycles. The van der Waals surface area contributed by atoms with E-state index in [1.54, 1.807) is 7.11 Å². The van der Waals surface area contributed by atoms with E-state index in [0.29, 0.717) is 13.0 Å². The normalized spacial score (nSPS) is 19.6. The maximum Gasteiger partial charge on any atom is 0.320 e.